The molecule has 7 heteroatoms. The normalized spacial score (nSPS) is 18.7. The van der Waals surface area contributed by atoms with Crippen molar-refractivity contribution in [2.24, 2.45) is 0 Å². The van der Waals surface area contributed by atoms with Gasteiger partial charge in [-0.2, -0.15) is 0 Å². The number of carbonyl (C=O) groups excluding carboxylic acids is 1. The highest BCUT2D eigenvalue weighted by Gasteiger charge is 2.52. The van der Waals surface area contributed by atoms with Crippen LogP contribution in [0.5, 0.6) is 0 Å². The van der Waals surface area contributed by atoms with E-state index in [1.807, 2.05) is 33.0 Å². The lowest BCUT2D eigenvalue weighted by Crippen LogP contribution is -2.69. The number of aryl methyl sites for hydroxylation is 2. The molecule has 2 fully saturated rings. The fourth-order valence-corrected chi connectivity index (χ4v) is 3.43. The Morgan fingerprint density at radius 2 is 1.96 bits per heavy atom. The second-order valence-corrected chi connectivity index (χ2v) is 6.63. The van der Waals surface area contributed by atoms with Crippen molar-refractivity contribution in [3.05, 3.63) is 35.8 Å². The number of carbonyl (C=O) groups is 1. The monoisotopic (exact) mass is 324 g/mol. The van der Waals surface area contributed by atoms with Crippen molar-refractivity contribution in [2.75, 3.05) is 31.6 Å². The highest BCUT2D eigenvalue weighted by Crippen LogP contribution is 2.33. The highest BCUT2D eigenvalue weighted by molar-refractivity contribution is 5.78. The van der Waals surface area contributed by atoms with Gasteiger partial charge in [-0.15, -0.1) is 0 Å². The minimum atomic E-state index is -0.127. The van der Waals surface area contributed by atoms with Crippen LogP contribution in [0.2, 0.25) is 0 Å². The zero-order chi connectivity index (χ0) is 16.9. The number of amides is 2. The van der Waals surface area contributed by atoms with Crippen LogP contribution in [-0.4, -0.2) is 58.1 Å². The summed E-state index contributed by atoms with van der Waals surface area (Å²) in [7, 11) is 1.85. The minimum Gasteiger partial charge on any atom is -0.336 e. The Morgan fingerprint density at radius 3 is 2.62 bits per heavy atom. The van der Waals surface area contributed by atoms with Crippen LogP contribution in [-0.2, 0) is 0 Å². The summed E-state index contributed by atoms with van der Waals surface area (Å²) < 4.78 is 0. The zero-order valence-corrected chi connectivity index (χ0v) is 14.1. The first-order valence-electron chi connectivity index (χ1n) is 8.03. The third-order valence-electron chi connectivity index (χ3n) is 4.98. The van der Waals surface area contributed by atoms with E-state index >= 15 is 0 Å². The molecule has 0 saturated carbocycles. The molecule has 1 N–H and O–H groups in total. The SMILES string of the molecule is Cc1ccc(-c2ccnc(N3CC4(CNC(=O)N4C)C3)n2)c(C)n1. The van der Waals surface area contributed by atoms with Gasteiger partial charge < -0.3 is 15.1 Å². The molecule has 2 saturated heterocycles. The molecule has 4 heterocycles. The summed E-state index contributed by atoms with van der Waals surface area (Å²) >= 11 is 0. The molecule has 124 valence electrons. The van der Waals surface area contributed by atoms with Gasteiger partial charge in [0.25, 0.3) is 0 Å². The molecule has 0 atom stereocenters. The number of anilines is 1. The summed E-state index contributed by atoms with van der Waals surface area (Å²) in [5, 5.41) is 2.90. The Hall–Kier alpha value is -2.70. The second-order valence-electron chi connectivity index (χ2n) is 6.63. The Balaban J connectivity index is 1.57. The number of hydrogen-bond donors (Lipinski definition) is 1. The van der Waals surface area contributed by atoms with Gasteiger partial charge in [0.15, 0.2) is 0 Å². The van der Waals surface area contributed by atoms with E-state index in [0.29, 0.717) is 12.5 Å². The average Bonchev–Trinajstić information content (AvgIpc) is 2.82. The lowest BCUT2D eigenvalue weighted by atomic mass is 9.90. The lowest BCUT2D eigenvalue weighted by Gasteiger charge is -2.50. The van der Waals surface area contributed by atoms with E-state index in [1.54, 1.807) is 11.1 Å². The van der Waals surface area contributed by atoms with Crippen LogP contribution in [0.25, 0.3) is 11.3 Å². The van der Waals surface area contributed by atoms with E-state index in [-0.39, 0.29) is 11.6 Å². The maximum atomic E-state index is 11.7. The van der Waals surface area contributed by atoms with E-state index in [4.69, 9.17) is 4.98 Å². The molecule has 0 radical (unpaired) electrons. The van der Waals surface area contributed by atoms with E-state index in [9.17, 15) is 4.79 Å². The molecule has 4 rings (SSSR count). The quantitative estimate of drug-likeness (QED) is 0.903. The zero-order valence-electron chi connectivity index (χ0n) is 14.1. The number of nitrogens with one attached hydrogen (secondary N) is 1. The van der Waals surface area contributed by atoms with Crippen LogP contribution in [0.1, 0.15) is 11.4 Å². The summed E-state index contributed by atoms with van der Waals surface area (Å²) in [6.07, 6.45) is 1.78. The van der Waals surface area contributed by atoms with Crippen LogP contribution >= 0.6 is 0 Å². The Labute approximate surface area is 140 Å². The van der Waals surface area contributed by atoms with Crippen LogP contribution in [0.15, 0.2) is 24.4 Å². The maximum absolute atomic E-state index is 11.7. The Bertz CT molecular complexity index is 814. The number of rotatable bonds is 2. The first kappa shape index (κ1) is 14.9. The molecule has 2 aromatic rings. The molecule has 2 amide bonds. The van der Waals surface area contributed by atoms with Crippen molar-refractivity contribution in [1.82, 2.24) is 25.2 Å². The van der Waals surface area contributed by atoms with Crippen LogP contribution in [0.4, 0.5) is 10.7 Å². The van der Waals surface area contributed by atoms with Gasteiger partial charge >= 0.3 is 6.03 Å². The standard InChI is InChI=1S/C17H20N6O/c1-11-4-5-13(12(2)20-11)14-6-7-18-15(21-14)23-9-17(10-23)8-19-16(24)22(17)3/h4-7H,8-10H2,1-3H3,(H,19,24). The van der Waals surface area contributed by atoms with Gasteiger partial charge in [-0.25, -0.2) is 14.8 Å². The van der Waals surface area contributed by atoms with Gasteiger partial charge in [-0.3, -0.25) is 4.98 Å². The predicted octanol–water partition coefficient (Wildman–Crippen LogP) is 1.37. The summed E-state index contributed by atoms with van der Waals surface area (Å²) in [5.74, 6) is 0.700. The molecule has 24 heavy (non-hydrogen) atoms. The summed E-state index contributed by atoms with van der Waals surface area (Å²) in [6.45, 7) is 6.15. The topological polar surface area (TPSA) is 74.2 Å². The summed E-state index contributed by atoms with van der Waals surface area (Å²) in [5.41, 5.74) is 3.73. The summed E-state index contributed by atoms with van der Waals surface area (Å²) in [4.78, 5) is 29.2. The van der Waals surface area contributed by atoms with Gasteiger partial charge in [0.05, 0.1) is 11.2 Å². The molecule has 2 aliphatic rings. The Kier molecular flexibility index (Phi) is 3.19. The second kappa shape index (κ2) is 5.15. The van der Waals surface area contributed by atoms with Gasteiger partial charge in [-0.1, -0.05) is 0 Å². The van der Waals surface area contributed by atoms with E-state index in [1.165, 1.54) is 0 Å². The molecule has 0 aromatic carbocycles. The highest BCUT2D eigenvalue weighted by atomic mass is 16.2. The molecule has 2 aliphatic heterocycles. The first-order valence-corrected chi connectivity index (χ1v) is 8.03. The largest absolute Gasteiger partial charge is 0.336 e. The minimum absolute atomic E-state index is 0.00864. The van der Waals surface area contributed by atoms with Gasteiger partial charge in [0.1, 0.15) is 0 Å². The smallest absolute Gasteiger partial charge is 0.317 e. The van der Waals surface area contributed by atoms with Gasteiger partial charge in [0.2, 0.25) is 5.95 Å². The number of hydrogen-bond acceptors (Lipinski definition) is 5. The molecule has 7 nitrogen and oxygen atoms in total. The van der Waals surface area contributed by atoms with E-state index in [0.717, 1.165) is 35.7 Å². The van der Waals surface area contributed by atoms with Crippen molar-refractivity contribution in [1.29, 1.82) is 0 Å². The van der Waals surface area contributed by atoms with Gasteiger partial charge in [-0.05, 0) is 32.0 Å². The fraction of sp³-hybridized carbons (Fsp3) is 0.412. The molecule has 1 spiro atoms. The maximum Gasteiger partial charge on any atom is 0.317 e. The first-order chi connectivity index (χ1) is 11.5. The third kappa shape index (κ3) is 2.19. The molecule has 2 aromatic heterocycles. The molecule has 0 aliphatic carbocycles. The predicted molar refractivity (Wildman–Crippen MR) is 90.8 cm³/mol. The van der Waals surface area contributed by atoms with Crippen molar-refractivity contribution in [3.8, 4) is 11.3 Å². The molecular weight excluding hydrogens is 304 g/mol. The van der Waals surface area contributed by atoms with Crippen LogP contribution in [0.3, 0.4) is 0 Å². The van der Waals surface area contributed by atoms with Crippen molar-refractivity contribution in [3.63, 3.8) is 0 Å². The number of likely N-dealkylation sites (N-methyl/N-ethyl adjacent to an activating group) is 1. The number of nitrogens with zero attached hydrogens (tertiary/aromatic N) is 5. The number of aromatic nitrogens is 3. The molecule has 0 unspecified atom stereocenters. The van der Waals surface area contributed by atoms with Crippen LogP contribution in [0, 0.1) is 13.8 Å². The number of pyridine rings is 1. The average molecular weight is 324 g/mol. The summed E-state index contributed by atoms with van der Waals surface area (Å²) in [6, 6.07) is 5.94. The van der Waals surface area contributed by atoms with E-state index in [2.05, 4.69) is 26.3 Å². The lowest BCUT2D eigenvalue weighted by molar-refractivity contribution is 0.151. The van der Waals surface area contributed by atoms with E-state index < -0.39 is 0 Å². The van der Waals surface area contributed by atoms with Crippen LogP contribution < -0.4 is 10.2 Å². The molecular formula is C17H20N6O. The van der Waals surface area contributed by atoms with Crippen molar-refractivity contribution >= 4 is 12.0 Å². The Morgan fingerprint density at radius 1 is 1.17 bits per heavy atom. The fourth-order valence-electron chi connectivity index (χ4n) is 3.43. The van der Waals surface area contributed by atoms with Crippen molar-refractivity contribution in [2.45, 2.75) is 19.4 Å². The number of urea groups is 1. The van der Waals surface area contributed by atoms with Crippen molar-refractivity contribution < 1.29 is 4.79 Å². The van der Waals surface area contributed by atoms with Gasteiger partial charge in [0, 0.05) is 49.8 Å². The molecule has 0 bridgehead atoms. The third-order valence-corrected chi connectivity index (χ3v) is 4.98.